The first-order valence-corrected chi connectivity index (χ1v) is 12.0. The zero-order valence-electron chi connectivity index (χ0n) is 20.6. The number of hydrogen-bond acceptors (Lipinski definition) is 3. The van der Waals surface area contributed by atoms with Crippen molar-refractivity contribution in [3.63, 3.8) is 0 Å². The van der Waals surface area contributed by atoms with Crippen LogP contribution in [0.4, 0.5) is 0 Å². The molecular weight excluding hydrogens is 392 g/mol. The molecule has 3 nitrogen and oxygen atoms in total. The molecule has 0 aliphatic carbocycles. The molecule has 3 heteroatoms. The molecule has 0 amide bonds. The highest BCUT2D eigenvalue weighted by molar-refractivity contribution is 5.78. The van der Waals surface area contributed by atoms with E-state index in [9.17, 15) is 4.79 Å². The lowest BCUT2D eigenvalue weighted by Crippen LogP contribution is -2.36. The van der Waals surface area contributed by atoms with Gasteiger partial charge in [0.15, 0.2) is 0 Å². The minimum atomic E-state index is 0.302. The highest BCUT2D eigenvalue weighted by Crippen LogP contribution is 2.18. The van der Waals surface area contributed by atoms with Crippen LogP contribution in [0.5, 0.6) is 0 Å². The smallest absolute Gasteiger partial charge is 0.133 e. The lowest BCUT2D eigenvalue weighted by molar-refractivity contribution is -0.122. The van der Waals surface area contributed by atoms with Crippen molar-refractivity contribution in [3.8, 4) is 0 Å². The topological polar surface area (TPSA) is 23.6 Å². The summed E-state index contributed by atoms with van der Waals surface area (Å²) < 4.78 is 0. The van der Waals surface area contributed by atoms with E-state index in [2.05, 4.69) is 73.6 Å². The summed E-state index contributed by atoms with van der Waals surface area (Å²) in [5, 5.41) is 0. The van der Waals surface area contributed by atoms with E-state index < -0.39 is 0 Å². The van der Waals surface area contributed by atoms with E-state index in [1.807, 2.05) is 12.2 Å². The Balaban J connectivity index is 0.000000228. The minimum absolute atomic E-state index is 0.302. The molecule has 3 rings (SSSR count). The maximum Gasteiger partial charge on any atom is 0.133 e. The first-order valence-electron chi connectivity index (χ1n) is 12.0. The van der Waals surface area contributed by atoms with Gasteiger partial charge in [0, 0.05) is 32.1 Å². The third-order valence-corrected chi connectivity index (χ3v) is 6.27. The van der Waals surface area contributed by atoms with Crippen molar-refractivity contribution in [3.05, 3.63) is 83.5 Å². The fourth-order valence-corrected chi connectivity index (χ4v) is 4.23. The molecule has 2 heterocycles. The van der Waals surface area contributed by atoms with Crippen molar-refractivity contribution >= 4 is 5.78 Å². The summed E-state index contributed by atoms with van der Waals surface area (Å²) in [6.07, 6.45) is 13.5. The first kappa shape index (κ1) is 26.0. The molecule has 1 aromatic carbocycles. The Morgan fingerprint density at radius 3 is 2.44 bits per heavy atom. The molecule has 1 fully saturated rings. The number of benzene rings is 1. The van der Waals surface area contributed by atoms with E-state index in [0.29, 0.717) is 11.7 Å². The van der Waals surface area contributed by atoms with Crippen molar-refractivity contribution in [1.82, 2.24) is 9.80 Å². The SMILES string of the molecule is C=C/C=C\C=C(/C)CN1CCC(C(C)=O)CC1.CC1=CCN(Cc2cccc(C)c2)CC1. The van der Waals surface area contributed by atoms with Crippen molar-refractivity contribution in [2.24, 2.45) is 5.92 Å². The van der Waals surface area contributed by atoms with Crippen LogP contribution in [0.25, 0.3) is 0 Å². The summed E-state index contributed by atoms with van der Waals surface area (Å²) in [6.45, 7) is 18.4. The number of nitrogens with zero attached hydrogens (tertiary/aromatic N) is 2. The number of piperidine rings is 1. The van der Waals surface area contributed by atoms with Gasteiger partial charge in [-0.1, -0.05) is 77.9 Å². The van der Waals surface area contributed by atoms with Crippen LogP contribution in [0.15, 0.2) is 72.4 Å². The highest BCUT2D eigenvalue weighted by Gasteiger charge is 2.21. The maximum absolute atomic E-state index is 11.3. The van der Waals surface area contributed by atoms with Crippen molar-refractivity contribution < 1.29 is 4.79 Å². The van der Waals surface area contributed by atoms with Gasteiger partial charge in [0.1, 0.15) is 5.78 Å². The van der Waals surface area contributed by atoms with Gasteiger partial charge in [-0.05, 0) is 65.6 Å². The summed E-state index contributed by atoms with van der Waals surface area (Å²) in [7, 11) is 0. The largest absolute Gasteiger partial charge is 0.300 e. The molecule has 1 saturated heterocycles. The van der Waals surface area contributed by atoms with Gasteiger partial charge < -0.3 is 0 Å². The molecule has 0 radical (unpaired) electrons. The van der Waals surface area contributed by atoms with Crippen LogP contribution in [0.3, 0.4) is 0 Å². The maximum atomic E-state index is 11.3. The van der Waals surface area contributed by atoms with Crippen LogP contribution in [-0.2, 0) is 11.3 Å². The fourth-order valence-electron chi connectivity index (χ4n) is 4.23. The van der Waals surface area contributed by atoms with Gasteiger partial charge in [0.25, 0.3) is 0 Å². The number of allylic oxidation sites excluding steroid dienone is 4. The average molecular weight is 435 g/mol. The number of carbonyl (C=O) groups is 1. The Bertz CT molecular complexity index is 825. The quantitative estimate of drug-likeness (QED) is 0.381. The molecule has 0 saturated carbocycles. The van der Waals surface area contributed by atoms with Gasteiger partial charge in [-0.2, -0.15) is 0 Å². The zero-order valence-corrected chi connectivity index (χ0v) is 20.6. The molecule has 0 aromatic heterocycles. The summed E-state index contributed by atoms with van der Waals surface area (Å²) in [5.41, 5.74) is 5.68. The molecule has 0 unspecified atom stereocenters. The zero-order chi connectivity index (χ0) is 23.3. The molecule has 32 heavy (non-hydrogen) atoms. The summed E-state index contributed by atoms with van der Waals surface area (Å²) in [4.78, 5) is 16.2. The van der Waals surface area contributed by atoms with Crippen molar-refractivity contribution in [1.29, 1.82) is 0 Å². The predicted octanol–water partition coefficient (Wildman–Crippen LogP) is 6.12. The second-order valence-electron chi connectivity index (χ2n) is 9.32. The third-order valence-electron chi connectivity index (χ3n) is 6.27. The molecule has 0 spiro atoms. The number of hydrogen-bond donors (Lipinski definition) is 0. The van der Waals surface area contributed by atoms with Gasteiger partial charge >= 0.3 is 0 Å². The van der Waals surface area contributed by atoms with E-state index in [1.165, 1.54) is 35.2 Å². The molecule has 0 N–H and O–H groups in total. The number of carbonyl (C=O) groups excluding carboxylic acids is 1. The van der Waals surface area contributed by atoms with Crippen LogP contribution in [0, 0.1) is 12.8 Å². The molecule has 1 aromatic rings. The van der Waals surface area contributed by atoms with E-state index in [4.69, 9.17) is 0 Å². The highest BCUT2D eigenvalue weighted by atomic mass is 16.1. The predicted molar refractivity (Wildman–Crippen MR) is 138 cm³/mol. The fraction of sp³-hybridized carbons (Fsp3) is 0.483. The average Bonchev–Trinajstić information content (AvgIpc) is 2.76. The lowest BCUT2D eigenvalue weighted by atomic mass is 9.93. The van der Waals surface area contributed by atoms with Gasteiger partial charge in [-0.25, -0.2) is 0 Å². The number of likely N-dealkylation sites (tertiary alicyclic amines) is 1. The number of ketones is 1. The first-order chi connectivity index (χ1) is 15.4. The van der Waals surface area contributed by atoms with Crippen LogP contribution < -0.4 is 0 Å². The standard InChI is InChI=1S/C15H23NO.C14H19N/c1-4-5-6-7-13(2)12-16-10-8-15(9-11-16)14(3)17;1-12-6-8-15(9-7-12)11-14-5-3-4-13(2)10-14/h4-7,15H,1,8-12H2,2-3H3;3-6,10H,7-9,11H2,1-2H3/b6-5-,13-7+;. The van der Waals surface area contributed by atoms with E-state index in [1.54, 1.807) is 13.0 Å². The summed E-state index contributed by atoms with van der Waals surface area (Å²) in [5.74, 6) is 0.655. The van der Waals surface area contributed by atoms with Crippen molar-refractivity contribution in [2.75, 3.05) is 32.7 Å². The normalized spacial score (nSPS) is 18.8. The second kappa shape index (κ2) is 14.0. The van der Waals surface area contributed by atoms with Gasteiger partial charge in [0.2, 0.25) is 0 Å². The van der Waals surface area contributed by atoms with Gasteiger partial charge in [-0.3, -0.25) is 14.6 Å². The number of Topliss-reactive ketones (excluding diaryl/α,β-unsaturated/α-hetero) is 1. The van der Waals surface area contributed by atoms with E-state index >= 15 is 0 Å². The van der Waals surface area contributed by atoms with Gasteiger partial charge in [0.05, 0.1) is 0 Å². The van der Waals surface area contributed by atoms with E-state index in [-0.39, 0.29) is 0 Å². The monoisotopic (exact) mass is 434 g/mol. The van der Waals surface area contributed by atoms with Crippen LogP contribution >= 0.6 is 0 Å². The Morgan fingerprint density at radius 2 is 1.84 bits per heavy atom. The summed E-state index contributed by atoms with van der Waals surface area (Å²) >= 11 is 0. The molecule has 0 bridgehead atoms. The number of rotatable bonds is 7. The molecule has 2 aliphatic heterocycles. The van der Waals surface area contributed by atoms with E-state index in [0.717, 1.165) is 45.6 Å². The van der Waals surface area contributed by atoms with Crippen LogP contribution in [0.2, 0.25) is 0 Å². The van der Waals surface area contributed by atoms with Gasteiger partial charge in [-0.15, -0.1) is 0 Å². The second-order valence-corrected chi connectivity index (χ2v) is 9.32. The Kier molecular flexibility index (Phi) is 11.4. The number of aryl methyl sites for hydroxylation is 1. The third kappa shape index (κ3) is 9.93. The van der Waals surface area contributed by atoms with Crippen LogP contribution in [-0.4, -0.2) is 48.3 Å². The molecule has 2 aliphatic rings. The van der Waals surface area contributed by atoms with Crippen LogP contribution in [0.1, 0.15) is 51.2 Å². The lowest BCUT2D eigenvalue weighted by Gasteiger charge is -2.30. The van der Waals surface area contributed by atoms with Crippen molar-refractivity contribution in [2.45, 2.75) is 53.5 Å². The Morgan fingerprint density at radius 1 is 1.09 bits per heavy atom. The summed E-state index contributed by atoms with van der Waals surface area (Å²) in [6, 6.07) is 8.81. The molecular formula is C29H42N2O. The minimum Gasteiger partial charge on any atom is -0.300 e. The molecule has 0 atom stereocenters. The molecule has 174 valence electrons. The Hall–Kier alpha value is -2.23. The Labute approximate surface area is 196 Å².